The molecular formula is C13H20O3. The van der Waals surface area contributed by atoms with E-state index in [0.29, 0.717) is 12.2 Å². The highest BCUT2D eigenvalue weighted by Crippen LogP contribution is 2.65. The van der Waals surface area contributed by atoms with Crippen molar-refractivity contribution in [2.45, 2.75) is 63.8 Å². The number of hydrogen-bond acceptors (Lipinski definition) is 3. The average molecular weight is 224 g/mol. The maximum atomic E-state index is 11.7. The molecule has 0 radical (unpaired) electrons. The summed E-state index contributed by atoms with van der Waals surface area (Å²) >= 11 is 0. The molecule has 90 valence electrons. The van der Waals surface area contributed by atoms with E-state index in [1.807, 2.05) is 13.8 Å². The zero-order valence-corrected chi connectivity index (χ0v) is 10.0. The van der Waals surface area contributed by atoms with Crippen molar-refractivity contribution in [2.24, 2.45) is 11.3 Å². The number of carbonyl (C=O) groups excluding carboxylic acids is 1. The molecule has 1 aliphatic heterocycles. The van der Waals surface area contributed by atoms with Gasteiger partial charge in [0.25, 0.3) is 0 Å². The van der Waals surface area contributed by atoms with E-state index < -0.39 is 5.60 Å². The second-order valence-corrected chi connectivity index (χ2v) is 6.30. The molecule has 3 heteroatoms. The summed E-state index contributed by atoms with van der Waals surface area (Å²) in [4.78, 5) is 11.7. The topological polar surface area (TPSA) is 46.5 Å². The molecule has 0 aromatic heterocycles. The molecule has 2 aliphatic carbocycles. The van der Waals surface area contributed by atoms with E-state index in [1.54, 1.807) is 0 Å². The van der Waals surface area contributed by atoms with E-state index in [0.717, 1.165) is 25.7 Å². The molecule has 3 aliphatic rings. The van der Waals surface area contributed by atoms with Crippen molar-refractivity contribution < 1.29 is 14.6 Å². The summed E-state index contributed by atoms with van der Waals surface area (Å²) in [6, 6.07) is 0. The Hall–Kier alpha value is -0.410. The van der Waals surface area contributed by atoms with Gasteiger partial charge in [0.2, 0.25) is 0 Å². The molecule has 0 bridgehead atoms. The monoisotopic (exact) mass is 224 g/mol. The van der Waals surface area contributed by atoms with Crippen LogP contribution in [0.5, 0.6) is 0 Å². The van der Waals surface area contributed by atoms with E-state index in [1.165, 1.54) is 0 Å². The first kappa shape index (κ1) is 10.7. The number of Topliss-reactive ketones (excluding diaryl/α,β-unsaturated/α-hetero) is 1. The van der Waals surface area contributed by atoms with Gasteiger partial charge in [0.15, 0.2) is 0 Å². The molecular weight excluding hydrogens is 204 g/mol. The minimum Gasteiger partial charge on any atom is -0.388 e. The Bertz CT molecular complexity index is 331. The lowest BCUT2D eigenvalue weighted by Crippen LogP contribution is -2.49. The number of ketones is 1. The lowest BCUT2D eigenvalue weighted by Gasteiger charge is -2.43. The zero-order valence-electron chi connectivity index (χ0n) is 10.0. The zero-order chi connectivity index (χ0) is 11.6. The Balaban J connectivity index is 1.76. The predicted molar refractivity (Wildman–Crippen MR) is 59.0 cm³/mol. The Morgan fingerprint density at radius 1 is 1.44 bits per heavy atom. The summed E-state index contributed by atoms with van der Waals surface area (Å²) in [5.74, 6) is 0.732. The van der Waals surface area contributed by atoms with Crippen molar-refractivity contribution in [1.82, 2.24) is 0 Å². The number of carbonyl (C=O) groups is 1. The van der Waals surface area contributed by atoms with Crippen LogP contribution in [-0.2, 0) is 9.53 Å². The lowest BCUT2D eigenvalue weighted by molar-refractivity contribution is -0.177. The Kier molecular flexibility index (Phi) is 2.06. The third-order valence-corrected chi connectivity index (χ3v) is 4.79. The summed E-state index contributed by atoms with van der Waals surface area (Å²) in [5.41, 5.74) is -0.579. The van der Waals surface area contributed by atoms with Gasteiger partial charge in [-0.1, -0.05) is 0 Å². The number of aliphatic hydroxyl groups is 1. The van der Waals surface area contributed by atoms with Gasteiger partial charge in [-0.25, -0.2) is 0 Å². The third-order valence-electron chi connectivity index (χ3n) is 4.79. The molecule has 1 heterocycles. The Morgan fingerprint density at radius 3 is 2.88 bits per heavy atom. The van der Waals surface area contributed by atoms with Crippen molar-refractivity contribution in [2.75, 3.05) is 0 Å². The van der Waals surface area contributed by atoms with Crippen molar-refractivity contribution in [3.05, 3.63) is 0 Å². The highest BCUT2D eigenvalue weighted by molar-refractivity contribution is 5.86. The smallest absolute Gasteiger partial charge is 0.136 e. The third kappa shape index (κ3) is 1.37. The van der Waals surface area contributed by atoms with Crippen LogP contribution in [-0.4, -0.2) is 28.7 Å². The van der Waals surface area contributed by atoms with Gasteiger partial charge in [-0.3, -0.25) is 4.79 Å². The second-order valence-electron chi connectivity index (χ2n) is 6.30. The van der Waals surface area contributed by atoms with E-state index >= 15 is 0 Å². The first-order chi connectivity index (χ1) is 7.43. The normalized spacial score (nSPS) is 47.2. The van der Waals surface area contributed by atoms with Crippen LogP contribution in [0.2, 0.25) is 0 Å². The molecule has 0 amide bonds. The van der Waals surface area contributed by atoms with Crippen molar-refractivity contribution in [3.63, 3.8) is 0 Å². The van der Waals surface area contributed by atoms with Gasteiger partial charge in [0.05, 0.1) is 17.8 Å². The number of rotatable bonds is 1. The number of ether oxygens (including phenoxy) is 1. The van der Waals surface area contributed by atoms with Gasteiger partial charge in [0, 0.05) is 17.8 Å². The summed E-state index contributed by atoms with van der Waals surface area (Å²) in [5, 5.41) is 9.99. The maximum Gasteiger partial charge on any atom is 0.136 e. The molecule has 1 N–H and O–H groups in total. The van der Waals surface area contributed by atoms with Crippen LogP contribution >= 0.6 is 0 Å². The fourth-order valence-corrected chi connectivity index (χ4v) is 3.67. The Morgan fingerprint density at radius 2 is 2.19 bits per heavy atom. The standard InChI is InChI=1S/C13H20O3/c1-12(2,15)10-5-6-13-7-8(13)9(14)3-4-11(13)16-10/h8,10-11,15H,3-7H2,1-2H3/t8-,10+,11+,13-/m0/s1. The van der Waals surface area contributed by atoms with Gasteiger partial charge in [-0.2, -0.15) is 0 Å². The second kappa shape index (κ2) is 3.08. The molecule has 0 aromatic carbocycles. The van der Waals surface area contributed by atoms with Crippen LogP contribution in [0.1, 0.15) is 46.0 Å². The van der Waals surface area contributed by atoms with Crippen LogP contribution in [0.25, 0.3) is 0 Å². The molecule has 16 heavy (non-hydrogen) atoms. The molecule has 0 unspecified atom stereocenters. The highest BCUT2D eigenvalue weighted by Gasteiger charge is 2.66. The minimum absolute atomic E-state index is 0.0578. The van der Waals surface area contributed by atoms with E-state index in [4.69, 9.17) is 4.74 Å². The molecule has 2 saturated carbocycles. The van der Waals surface area contributed by atoms with Gasteiger partial charge in [-0.05, 0) is 39.5 Å². The SMILES string of the molecule is CC(C)(O)[C@H]1CC[C@]23C[C@H]2C(=O)CC[C@H]3O1. The van der Waals surface area contributed by atoms with E-state index in [2.05, 4.69) is 0 Å². The molecule has 4 atom stereocenters. The van der Waals surface area contributed by atoms with Gasteiger partial charge in [0.1, 0.15) is 5.78 Å². The summed E-state index contributed by atoms with van der Waals surface area (Å²) < 4.78 is 6.05. The van der Waals surface area contributed by atoms with Gasteiger partial charge in [-0.15, -0.1) is 0 Å². The quantitative estimate of drug-likeness (QED) is 0.737. The summed E-state index contributed by atoms with van der Waals surface area (Å²) in [6.45, 7) is 3.63. The van der Waals surface area contributed by atoms with Crippen molar-refractivity contribution in [1.29, 1.82) is 0 Å². The first-order valence-corrected chi connectivity index (χ1v) is 6.34. The molecule has 3 nitrogen and oxygen atoms in total. The van der Waals surface area contributed by atoms with Crippen LogP contribution < -0.4 is 0 Å². The maximum absolute atomic E-state index is 11.7. The highest BCUT2D eigenvalue weighted by atomic mass is 16.5. The summed E-state index contributed by atoms with van der Waals surface area (Å²) in [7, 11) is 0. The van der Waals surface area contributed by atoms with Crippen LogP contribution in [0, 0.1) is 11.3 Å². The lowest BCUT2D eigenvalue weighted by atomic mass is 9.77. The largest absolute Gasteiger partial charge is 0.388 e. The van der Waals surface area contributed by atoms with E-state index in [9.17, 15) is 9.90 Å². The summed E-state index contributed by atoms with van der Waals surface area (Å²) in [6.07, 6.45) is 4.69. The van der Waals surface area contributed by atoms with Crippen molar-refractivity contribution >= 4 is 5.78 Å². The average Bonchev–Trinajstić information content (AvgIpc) is 2.91. The first-order valence-electron chi connectivity index (χ1n) is 6.34. The molecule has 0 aromatic rings. The van der Waals surface area contributed by atoms with Gasteiger partial charge >= 0.3 is 0 Å². The number of hydrogen-bond donors (Lipinski definition) is 1. The predicted octanol–water partition coefficient (Wildman–Crippen LogP) is 1.67. The van der Waals surface area contributed by atoms with Gasteiger partial charge < -0.3 is 9.84 Å². The molecule has 1 saturated heterocycles. The Labute approximate surface area is 96.2 Å². The molecule has 3 fully saturated rings. The fourth-order valence-electron chi connectivity index (χ4n) is 3.67. The van der Waals surface area contributed by atoms with E-state index in [-0.39, 0.29) is 23.5 Å². The minimum atomic E-state index is -0.756. The van der Waals surface area contributed by atoms with Crippen LogP contribution in [0.15, 0.2) is 0 Å². The van der Waals surface area contributed by atoms with Crippen molar-refractivity contribution in [3.8, 4) is 0 Å². The molecule has 3 rings (SSSR count). The van der Waals surface area contributed by atoms with Crippen LogP contribution in [0.3, 0.4) is 0 Å². The molecule has 1 spiro atoms. The fraction of sp³-hybridized carbons (Fsp3) is 0.923. The van der Waals surface area contributed by atoms with Crippen LogP contribution in [0.4, 0.5) is 0 Å².